The van der Waals surface area contributed by atoms with Crippen molar-refractivity contribution >= 4 is 51.9 Å². The molecule has 132 valence electrons. The van der Waals surface area contributed by atoms with Crippen LogP contribution in [0.2, 0.25) is 0 Å². The number of aliphatic imine (C=N–C) groups is 1. The van der Waals surface area contributed by atoms with E-state index >= 15 is 0 Å². The molecule has 10 heteroatoms. The Bertz CT molecular complexity index is 522. The number of hydrogen-bond acceptors (Lipinski definition) is 6. The van der Waals surface area contributed by atoms with E-state index in [0.717, 1.165) is 39.3 Å². The third kappa shape index (κ3) is 5.23. The monoisotopic (exact) mass is 400 g/mol. The van der Waals surface area contributed by atoms with Crippen LogP contribution in [0.15, 0.2) is 14.5 Å². The predicted molar refractivity (Wildman–Crippen MR) is 102 cm³/mol. The first-order chi connectivity index (χ1) is 10.9. The topological polar surface area (TPSA) is 46.8 Å². The molecule has 0 bridgehead atoms. The summed E-state index contributed by atoms with van der Waals surface area (Å²) in [5.41, 5.74) is 0. The Hall–Kier alpha value is -0.000000000000000139. The second-order valence-corrected chi connectivity index (χ2v) is 10.8. The first-order valence-corrected chi connectivity index (χ1v) is 11.9. The summed E-state index contributed by atoms with van der Waals surface area (Å²) in [5, 5.41) is 0. The van der Waals surface area contributed by atoms with Crippen LogP contribution in [0.3, 0.4) is 0 Å². The van der Waals surface area contributed by atoms with Gasteiger partial charge in [0, 0.05) is 51.2 Å². The van der Waals surface area contributed by atoms with E-state index in [-0.39, 0.29) is 6.04 Å². The van der Waals surface area contributed by atoms with Gasteiger partial charge in [-0.2, -0.15) is 14.5 Å². The molecule has 0 saturated carbocycles. The molecule has 0 radical (unpaired) electrons. The minimum Gasteiger partial charge on any atom is -0.339 e. The van der Waals surface area contributed by atoms with E-state index in [9.17, 15) is 0 Å². The lowest BCUT2D eigenvalue weighted by Gasteiger charge is -2.36. The lowest BCUT2D eigenvalue weighted by Crippen LogP contribution is -2.49. The SMILES string of the molecule is CCN(C1=NP(Cl)(Cl)=NC(N2CCN(CCCl)CC2)=N1)C(C)C. The van der Waals surface area contributed by atoms with E-state index in [4.69, 9.17) is 34.1 Å². The Morgan fingerprint density at radius 1 is 1.22 bits per heavy atom. The number of halogens is 3. The molecule has 1 saturated heterocycles. The summed E-state index contributed by atoms with van der Waals surface area (Å²) in [5.74, 6) is -0.888. The Balaban J connectivity index is 2.17. The Morgan fingerprint density at radius 3 is 2.39 bits per heavy atom. The van der Waals surface area contributed by atoms with Crippen LogP contribution in [0.4, 0.5) is 0 Å². The molecule has 1 fully saturated rings. The number of rotatable bonds is 4. The van der Waals surface area contributed by atoms with Crippen molar-refractivity contribution in [1.82, 2.24) is 14.7 Å². The van der Waals surface area contributed by atoms with Crippen LogP contribution in [0.1, 0.15) is 20.8 Å². The van der Waals surface area contributed by atoms with Gasteiger partial charge in [0.05, 0.1) is 0 Å². The molecule has 23 heavy (non-hydrogen) atoms. The standard InChI is InChI=1S/C13H24Cl3N6P/c1-4-22(11(2)3)13-17-12(18-23(15,16)19-13)21-9-7-20(6-5-14)8-10-21/h11H,4-10H2,1-3H3. The third-order valence-corrected chi connectivity index (χ3v) is 5.81. The molecule has 2 aliphatic heterocycles. The highest BCUT2D eigenvalue weighted by atomic mass is 35.9. The van der Waals surface area contributed by atoms with Gasteiger partial charge in [0.2, 0.25) is 11.9 Å². The second kappa shape index (κ2) is 8.39. The minimum absolute atomic E-state index is 0.274. The average molecular weight is 402 g/mol. The third-order valence-electron chi connectivity index (χ3n) is 3.90. The highest BCUT2D eigenvalue weighted by molar-refractivity contribution is 8.09. The van der Waals surface area contributed by atoms with Crippen LogP contribution in [-0.2, 0) is 0 Å². The van der Waals surface area contributed by atoms with E-state index < -0.39 is 5.91 Å². The summed E-state index contributed by atoms with van der Waals surface area (Å²) in [7, 11) is 0. The molecular weight excluding hydrogens is 378 g/mol. The van der Waals surface area contributed by atoms with Gasteiger partial charge in [-0.1, -0.05) is 0 Å². The van der Waals surface area contributed by atoms with Crippen molar-refractivity contribution < 1.29 is 0 Å². The van der Waals surface area contributed by atoms with Crippen molar-refractivity contribution in [2.24, 2.45) is 14.5 Å². The highest BCUT2D eigenvalue weighted by Crippen LogP contribution is 2.63. The maximum atomic E-state index is 6.33. The van der Waals surface area contributed by atoms with Crippen LogP contribution < -0.4 is 0 Å². The number of hydrogen-bond donors (Lipinski definition) is 0. The van der Waals surface area contributed by atoms with E-state index in [1.165, 1.54) is 0 Å². The molecule has 2 rings (SSSR count). The predicted octanol–water partition coefficient (Wildman–Crippen LogP) is 3.72. The molecule has 0 aromatic heterocycles. The van der Waals surface area contributed by atoms with Crippen LogP contribution in [0.5, 0.6) is 0 Å². The highest BCUT2D eigenvalue weighted by Gasteiger charge is 2.28. The van der Waals surface area contributed by atoms with Crippen molar-refractivity contribution in [3.05, 3.63) is 0 Å². The van der Waals surface area contributed by atoms with Gasteiger partial charge in [-0.05, 0) is 43.3 Å². The molecule has 0 amide bonds. The fourth-order valence-corrected chi connectivity index (χ4v) is 4.51. The largest absolute Gasteiger partial charge is 0.339 e. The number of alkyl halides is 1. The van der Waals surface area contributed by atoms with Gasteiger partial charge in [0.15, 0.2) is 0 Å². The van der Waals surface area contributed by atoms with Crippen LogP contribution in [-0.4, -0.2) is 77.8 Å². The lowest BCUT2D eigenvalue weighted by molar-refractivity contribution is 0.190. The minimum atomic E-state index is -2.74. The maximum Gasteiger partial charge on any atom is 0.259 e. The first kappa shape index (κ1) is 19.3. The summed E-state index contributed by atoms with van der Waals surface area (Å²) in [6.07, 6.45) is 0. The maximum absolute atomic E-state index is 6.33. The van der Waals surface area contributed by atoms with Gasteiger partial charge < -0.3 is 9.80 Å². The zero-order valence-corrected chi connectivity index (χ0v) is 17.0. The molecule has 0 atom stereocenters. The fraction of sp³-hybridized carbons (Fsp3) is 0.846. The zero-order chi connectivity index (χ0) is 17.0. The van der Waals surface area contributed by atoms with Crippen molar-refractivity contribution in [1.29, 1.82) is 0 Å². The van der Waals surface area contributed by atoms with E-state index in [1.807, 2.05) is 0 Å². The van der Waals surface area contributed by atoms with Gasteiger partial charge in [-0.3, -0.25) is 4.90 Å². The van der Waals surface area contributed by atoms with Crippen molar-refractivity contribution in [3.63, 3.8) is 0 Å². The van der Waals surface area contributed by atoms with Crippen molar-refractivity contribution in [2.75, 3.05) is 45.1 Å². The van der Waals surface area contributed by atoms with Gasteiger partial charge in [-0.15, -0.1) is 11.6 Å². The van der Waals surface area contributed by atoms with Gasteiger partial charge in [0.1, 0.15) is 0 Å². The lowest BCUT2D eigenvalue weighted by atomic mass is 10.3. The molecule has 0 aromatic carbocycles. The summed E-state index contributed by atoms with van der Waals surface area (Å²) < 4.78 is 8.77. The van der Waals surface area contributed by atoms with E-state index in [1.54, 1.807) is 0 Å². The molecule has 0 aliphatic carbocycles. The number of piperazine rings is 1. The molecule has 6 nitrogen and oxygen atoms in total. The van der Waals surface area contributed by atoms with Gasteiger partial charge >= 0.3 is 0 Å². The smallest absolute Gasteiger partial charge is 0.259 e. The normalized spacial score (nSPS) is 21.8. The number of guanidine groups is 2. The summed E-state index contributed by atoms with van der Waals surface area (Å²) in [6, 6.07) is 0.274. The molecule has 2 aliphatic rings. The summed E-state index contributed by atoms with van der Waals surface area (Å²) in [4.78, 5) is 11.2. The average Bonchev–Trinajstić information content (AvgIpc) is 2.47. The van der Waals surface area contributed by atoms with Crippen LogP contribution in [0.25, 0.3) is 0 Å². The Morgan fingerprint density at radius 2 is 1.87 bits per heavy atom. The fourth-order valence-electron chi connectivity index (χ4n) is 2.66. The summed E-state index contributed by atoms with van der Waals surface area (Å²) >= 11 is 18.5. The zero-order valence-electron chi connectivity index (χ0n) is 13.8. The van der Waals surface area contributed by atoms with E-state index in [2.05, 4.69) is 50.0 Å². The Kier molecular flexibility index (Phi) is 7.05. The second-order valence-electron chi connectivity index (χ2n) is 5.76. The molecule has 0 spiro atoms. The van der Waals surface area contributed by atoms with Crippen LogP contribution in [0, 0.1) is 0 Å². The number of nitrogens with zero attached hydrogens (tertiary/aromatic N) is 6. The Labute approximate surface area is 153 Å². The van der Waals surface area contributed by atoms with Crippen molar-refractivity contribution in [2.45, 2.75) is 26.8 Å². The summed E-state index contributed by atoms with van der Waals surface area (Å²) in [6.45, 7) is 11.5. The quantitative estimate of drug-likeness (QED) is 0.533. The van der Waals surface area contributed by atoms with Crippen molar-refractivity contribution in [3.8, 4) is 0 Å². The molecule has 0 aromatic rings. The first-order valence-electron chi connectivity index (χ1n) is 7.86. The molecular formula is C13H24Cl3N6P. The molecule has 0 unspecified atom stereocenters. The molecule has 0 N–H and O–H groups in total. The van der Waals surface area contributed by atoms with Gasteiger partial charge in [-0.25, -0.2) is 0 Å². The van der Waals surface area contributed by atoms with Crippen LogP contribution >= 0.6 is 40.0 Å². The van der Waals surface area contributed by atoms with E-state index in [0.29, 0.717) is 17.8 Å². The molecule has 2 heterocycles. The van der Waals surface area contributed by atoms with Gasteiger partial charge in [0.25, 0.3) is 5.91 Å².